The molecule has 5 nitrogen and oxygen atoms in total. The number of carbonyl (C=O) groups is 1. The molecule has 1 N–H and O–H groups in total. The quantitative estimate of drug-likeness (QED) is 0.698. The number of nitrogens with one attached hydrogen (secondary N) is 1. The molecule has 0 aliphatic carbocycles. The first kappa shape index (κ1) is 12.3. The predicted molar refractivity (Wildman–Crippen MR) is 69.3 cm³/mol. The van der Waals surface area contributed by atoms with Gasteiger partial charge in [0.25, 0.3) is 0 Å². The summed E-state index contributed by atoms with van der Waals surface area (Å²) in [4.78, 5) is 18.7. The van der Waals surface area contributed by atoms with Crippen molar-refractivity contribution in [3.8, 4) is 0 Å². The van der Waals surface area contributed by atoms with E-state index in [1.807, 2.05) is 6.07 Å². The molecule has 2 rings (SSSR count). The Balaban J connectivity index is 2.43. The number of pyridine rings is 1. The zero-order chi connectivity index (χ0) is 12.4. The molecular formula is C10H10BrN3O2S. The van der Waals surface area contributed by atoms with Gasteiger partial charge in [-0.05, 0) is 41.1 Å². The van der Waals surface area contributed by atoms with Crippen LogP contribution in [-0.4, -0.2) is 27.1 Å². The Morgan fingerprint density at radius 2 is 2.47 bits per heavy atom. The molecule has 0 unspecified atom stereocenters. The van der Waals surface area contributed by atoms with Gasteiger partial charge in [0.2, 0.25) is 0 Å². The van der Waals surface area contributed by atoms with Gasteiger partial charge >= 0.3 is 5.97 Å². The number of carbonyl (C=O) groups excluding carboxylic acids is 1. The summed E-state index contributed by atoms with van der Waals surface area (Å²) in [5.74, 6) is -0.325. The van der Waals surface area contributed by atoms with Gasteiger partial charge in [-0.25, -0.2) is 4.98 Å². The fourth-order valence-electron chi connectivity index (χ4n) is 1.50. The second kappa shape index (κ2) is 4.97. The van der Waals surface area contributed by atoms with Crippen LogP contribution in [-0.2, 0) is 16.1 Å². The Morgan fingerprint density at radius 3 is 3.18 bits per heavy atom. The average Bonchev–Trinajstić information content (AvgIpc) is 2.55. The Morgan fingerprint density at radius 1 is 1.71 bits per heavy atom. The summed E-state index contributed by atoms with van der Waals surface area (Å²) in [6, 6.07) is 1.86. The van der Waals surface area contributed by atoms with E-state index in [-0.39, 0.29) is 12.5 Å². The highest BCUT2D eigenvalue weighted by molar-refractivity contribution is 9.10. The Kier molecular flexibility index (Phi) is 3.58. The van der Waals surface area contributed by atoms with Gasteiger partial charge in [0, 0.05) is 10.7 Å². The molecule has 0 fully saturated rings. The van der Waals surface area contributed by atoms with Crippen molar-refractivity contribution in [1.82, 2.24) is 14.5 Å². The van der Waals surface area contributed by atoms with Crippen molar-refractivity contribution in [2.75, 3.05) is 6.61 Å². The molecule has 0 aromatic carbocycles. The largest absolute Gasteiger partial charge is 0.465 e. The average molecular weight is 316 g/mol. The minimum Gasteiger partial charge on any atom is -0.465 e. The topological polar surface area (TPSA) is 59.9 Å². The van der Waals surface area contributed by atoms with Crippen LogP contribution in [0.3, 0.4) is 0 Å². The third kappa shape index (κ3) is 2.55. The van der Waals surface area contributed by atoms with Crippen LogP contribution in [0.5, 0.6) is 0 Å². The van der Waals surface area contributed by atoms with E-state index in [1.54, 1.807) is 17.7 Å². The lowest BCUT2D eigenvalue weighted by Crippen LogP contribution is -2.13. The molecule has 90 valence electrons. The maximum atomic E-state index is 11.4. The van der Waals surface area contributed by atoms with E-state index in [0.717, 1.165) is 9.99 Å². The smallest absolute Gasteiger partial charge is 0.326 e. The molecule has 0 amide bonds. The number of hydrogen-bond acceptors (Lipinski definition) is 4. The molecule has 2 aromatic rings. The second-order valence-electron chi connectivity index (χ2n) is 3.35. The lowest BCUT2D eigenvalue weighted by Gasteiger charge is -2.03. The summed E-state index contributed by atoms with van der Waals surface area (Å²) in [5.41, 5.74) is 1.43. The van der Waals surface area contributed by atoms with Crippen molar-refractivity contribution in [2.24, 2.45) is 0 Å². The molecule has 0 aliphatic heterocycles. The second-order valence-corrected chi connectivity index (χ2v) is 4.65. The van der Waals surface area contributed by atoms with Gasteiger partial charge in [0.15, 0.2) is 10.4 Å². The number of hydrogen-bond donors (Lipinski definition) is 1. The van der Waals surface area contributed by atoms with E-state index in [9.17, 15) is 4.79 Å². The predicted octanol–water partition coefficient (Wildman–Crippen LogP) is 2.42. The van der Waals surface area contributed by atoms with Gasteiger partial charge in [-0.3, -0.25) is 9.36 Å². The minimum absolute atomic E-state index is 0.0707. The molecule has 0 saturated heterocycles. The van der Waals surface area contributed by atoms with Crippen molar-refractivity contribution in [3.63, 3.8) is 0 Å². The number of imidazole rings is 1. The van der Waals surface area contributed by atoms with Crippen LogP contribution >= 0.6 is 28.1 Å². The fourth-order valence-corrected chi connectivity index (χ4v) is 2.09. The monoisotopic (exact) mass is 315 g/mol. The van der Waals surface area contributed by atoms with Crippen molar-refractivity contribution < 1.29 is 9.53 Å². The van der Waals surface area contributed by atoms with Crippen LogP contribution < -0.4 is 0 Å². The molecule has 0 atom stereocenters. The van der Waals surface area contributed by atoms with E-state index >= 15 is 0 Å². The van der Waals surface area contributed by atoms with Gasteiger partial charge in [0.1, 0.15) is 6.54 Å². The first-order chi connectivity index (χ1) is 8.11. The lowest BCUT2D eigenvalue weighted by atomic mass is 10.4. The van der Waals surface area contributed by atoms with Gasteiger partial charge in [-0.15, -0.1) is 0 Å². The van der Waals surface area contributed by atoms with Crippen LogP contribution in [0.25, 0.3) is 11.2 Å². The molecule has 17 heavy (non-hydrogen) atoms. The summed E-state index contributed by atoms with van der Waals surface area (Å²) < 4.78 is 7.81. The summed E-state index contributed by atoms with van der Waals surface area (Å²) in [5, 5.41) is 0. The number of H-pyrrole nitrogens is 1. The van der Waals surface area contributed by atoms with Gasteiger partial charge in [-0.1, -0.05) is 0 Å². The Bertz CT molecular complexity index is 620. The molecule has 0 bridgehead atoms. The van der Waals surface area contributed by atoms with Crippen LogP contribution in [0.1, 0.15) is 6.92 Å². The van der Waals surface area contributed by atoms with Crippen molar-refractivity contribution in [1.29, 1.82) is 0 Å². The standard InChI is InChI=1S/C10H10BrN3O2S/c1-2-16-8(15)5-14-9-7(13-10(14)17)3-6(11)4-12-9/h3-4H,2,5H2,1H3,(H,13,17). The van der Waals surface area contributed by atoms with E-state index in [0.29, 0.717) is 17.0 Å². The minimum atomic E-state index is -0.325. The lowest BCUT2D eigenvalue weighted by molar-refractivity contribution is -0.143. The highest BCUT2D eigenvalue weighted by atomic mass is 79.9. The number of fused-ring (bicyclic) bond motifs is 1. The highest BCUT2D eigenvalue weighted by Crippen LogP contribution is 2.16. The van der Waals surface area contributed by atoms with Crippen LogP contribution in [0.4, 0.5) is 0 Å². The third-order valence-electron chi connectivity index (χ3n) is 2.17. The summed E-state index contributed by atoms with van der Waals surface area (Å²) in [6.45, 7) is 2.19. The number of aromatic nitrogens is 3. The summed E-state index contributed by atoms with van der Waals surface area (Å²) in [6.07, 6.45) is 1.66. The number of rotatable bonds is 3. The van der Waals surface area contributed by atoms with Crippen LogP contribution in [0.15, 0.2) is 16.7 Å². The van der Waals surface area contributed by atoms with E-state index in [4.69, 9.17) is 17.0 Å². The zero-order valence-corrected chi connectivity index (χ0v) is 11.5. The molecule has 0 radical (unpaired) electrons. The first-order valence-electron chi connectivity index (χ1n) is 5.01. The number of aromatic amines is 1. The normalized spacial score (nSPS) is 10.7. The first-order valence-corrected chi connectivity index (χ1v) is 6.21. The van der Waals surface area contributed by atoms with E-state index in [2.05, 4.69) is 25.9 Å². The number of nitrogens with zero attached hydrogens (tertiary/aromatic N) is 2. The summed E-state index contributed by atoms with van der Waals surface area (Å²) >= 11 is 8.47. The van der Waals surface area contributed by atoms with E-state index in [1.165, 1.54) is 0 Å². The van der Waals surface area contributed by atoms with Crippen LogP contribution in [0, 0.1) is 4.77 Å². The Hall–Kier alpha value is -1.21. The van der Waals surface area contributed by atoms with Gasteiger partial charge in [-0.2, -0.15) is 0 Å². The van der Waals surface area contributed by atoms with Crippen molar-refractivity contribution >= 4 is 45.3 Å². The highest BCUT2D eigenvalue weighted by Gasteiger charge is 2.10. The zero-order valence-electron chi connectivity index (χ0n) is 9.07. The molecule has 2 aromatic heterocycles. The van der Waals surface area contributed by atoms with E-state index < -0.39 is 0 Å². The Labute approximate surface area is 111 Å². The third-order valence-corrected chi connectivity index (χ3v) is 2.92. The maximum Gasteiger partial charge on any atom is 0.326 e. The molecular weight excluding hydrogens is 306 g/mol. The molecule has 0 saturated carbocycles. The van der Waals surface area contributed by atoms with Gasteiger partial charge < -0.3 is 9.72 Å². The number of esters is 1. The van der Waals surface area contributed by atoms with Crippen LogP contribution in [0.2, 0.25) is 0 Å². The summed E-state index contributed by atoms with van der Waals surface area (Å²) in [7, 11) is 0. The molecule has 2 heterocycles. The molecule has 7 heteroatoms. The number of halogens is 1. The fraction of sp³-hybridized carbons (Fsp3) is 0.300. The SMILES string of the molecule is CCOC(=O)Cn1c(=S)[nH]c2cc(Br)cnc21. The molecule has 0 spiro atoms. The number of ether oxygens (including phenoxy) is 1. The van der Waals surface area contributed by atoms with Crippen molar-refractivity contribution in [3.05, 3.63) is 21.5 Å². The maximum absolute atomic E-state index is 11.4. The van der Waals surface area contributed by atoms with Crippen molar-refractivity contribution in [2.45, 2.75) is 13.5 Å². The molecule has 0 aliphatic rings. The van der Waals surface area contributed by atoms with Gasteiger partial charge in [0.05, 0.1) is 12.1 Å².